The van der Waals surface area contributed by atoms with Crippen LogP contribution in [0.5, 0.6) is 0 Å². The molecule has 28 heavy (non-hydrogen) atoms. The summed E-state index contributed by atoms with van der Waals surface area (Å²) in [5.74, 6) is -0.139. The molecule has 1 amide bonds. The van der Waals surface area contributed by atoms with Gasteiger partial charge in [-0.15, -0.1) is 0 Å². The Morgan fingerprint density at radius 2 is 1.25 bits per heavy atom. The van der Waals surface area contributed by atoms with Crippen molar-refractivity contribution in [1.29, 1.82) is 0 Å². The summed E-state index contributed by atoms with van der Waals surface area (Å²) in [7, 11) is 0. The highest BCUT2D eigenvalue weighted by atomic mass is 32.1. The van der Waals surface area contributed by atoms with Gasteiger partial charge in [-0.05, 0) is 42.4 Å². The molecule has 0 saturated heterocycles. The fourth-order valence-electron chi connectivity index (χ4n) is 2.89. The molecular formula is C23H23N3OS. The summed E-state index contributed by atoms with van der Waals surface area (Å²) in [4.78, 5) is 13.1. The number of anilines is 1. The number of para-hydroxylation sites is 1. The zero-order valence-corrected chi connectivity index (χ0v) is 16.4. The van der Waals surface area contributed by atoms with Gasteiger partial charge < -0.3 is 16.0 Å². The predicted molar refractivity (Wildman–Crippen MR) is 118 cm³/mol. The number of rotatable bonds is 6. The monoisotopic (exact) mass is 389 g/mol. The van der Waals surface area contributed by atoms with E-state index >= 15 is 0 Å². The lowest BCUT2D eigenvalue weighted by Crippen LogP contribution is -2.42. The first-order valence-corrected chi connectivity index (χ1v) is 9.57. The Morgan fingerprint density at radius 1 is 0.750 bits per heavy atom. The molecule has 0 bridgehead atoms. The fourth-order valence-corrected chi connectivity index (χ4v) is 3.12. The minimum Gasteiger partial charge on any atom is -0.347 e. The zero-order valence-electron chi connectivity index (χ0n) is 15.6. The number of amides is 1. The van der Waals surface area contributed by atoms with Crippen LogP contribution in [0.2, 0.25) is 0 Å². The molecule has 3 N–H and O–H groups in total. The van der Waals surface area contributed by atoms with E-state index in [-0.39, 0.29) is 11.9 Å². The molecule has 0 aliphatic rings. The van der Waals surface area contributed by atoms with Crippen LogP contribution < -0.4 is 16.0 Å². The van der Waals surface area contributed by atoms with E-state index in [2.05, 4.69) is 16.0 Å². The molecule has 0 radical (unpaired) electrons. The molecule has 5 heteroatoms. The van der Waals surface area contributed by atoms with Crippen LogP contribution in [0.15, 0.2) is 91.0 Å². The molecule has 0 saturated carbocycles. The maximum Gasteiger partial charge on any atom is 0.247 e. The van der Waals surface area contributed by atoms with Crippen LogP contribution >= 0.6 is 12.2 Å². The van der Waals surface area contributed by atoms with E-state index in [1.807, 2.05) is 97.9 Å². The maximum absolute atomic E-state index is 13.1. The summed E-state index contributed by atoms with van der Waals surface area (Å²) in [6, 6.07) is 28.4. The molecule has 0 aliphatic heterocycles. The number of hydrogen-bond donors (Lipinski definition) is 3. The summed E-state index contributed by atoms with van der Waals surface area (Å²) in [5.41, 5.74) is 2.76. The van der Waals surface area contributed by atoms with Crippen LogP contribution in [-0.2, 0) is 4.79 Å². The van der Waals surface area contributed by atoms with Gasteiger partial charge in [0.2, 0.25) is 5.91 Å². The van der Waals surface area contributed by atoms with Crippen molar-refractivity contribution in [2.24, 2.45) is 0 Å². The second-order valence-corrected chi connectivity index (χ2v) is 6.86. The van der Waals surface area contributed by atoms with E-state index in [1.54, 1.807) is 0 Å². The Labute approximate surface area is 171 Å². The maximum atomic E-state index is 13.1. The Balaban J connectivity index is 1.73. The molecule has 0 aromatic heterocycles. The van der Waals surface area contributed by atoms with Gasteiger partial charge in [0, 0.05) is 5.69 Å². The molecule has 0 heterocycles. The molecule has 4 nitrogen and oxygen atoms in total. The number of nitrogens with one attached hydrogen (secondary N) is 3. The van der Waals surface area contributed by atoms with Crippen LogP contribution in [0.3, 0.4) is 0 Å². The Hall–Kier alpha value is -3.18. The molecule has 0 aliphatic carbocycles. The Kier molecular flexibility index (Phi) is 6.76. The van der Waals surface area contributed by atoms with E-state index in [0.717, 1.165) is 16.8 Å². The third-order valence-corrected chi connectivity index (χ3v) is 4.58. The highest BCUT2D eigenvalue weighted by Crippen LogP contribution is 2.17. The molecule has 0 spiro atoms. The SMILES string of the molecule is C[C@@H](NC(=O)[C@H](NC(=S)Nc1ccccc1)c1ccccc1)c1ccccc1. The van der Waals surface area contributed by atoms with Crippen LogP contribution in [0.25, 0.3) is 0 Å². The molecule has 3 aromatic carbocycles. The van der Waals surface area contributed by atoms with Gasteiger partial charge in [0.1, 0.15) is 6.04 Å². The molecule has 3 aromatic rings. The van der Waals surface area contributed by atoms with E-state index < -0.39 is 6.04 Å². The van der Waals surface area contributed by atoms with Crippen molar-refractivity contribution >= 4 is 28.9 Å². The largest absolute Gasteiger partial charge is 0.347 e. The summed E-state index contributed by atoms with van der Waals surface area (Å²) in [6.07, 6.45) is 0. The number of carbonyl (C=O) groups is 1. The van der Waals surface area contributed by atoms with E-state index in [0.29, 0.717) is 5.11 Å². The zero-order chi connectivity index (χ0) is 19.8. The Bertz CT molecular complexity index is 901. The average Bonchev–Trinajstić information content (AvgIpc) is 2.74. The van der Waals surface area contributed by atoms with Gasteiger partial charge in [-0.25, -0.2) is 0 Å². The van der Waals surface area contributed by atoms with Crippen molar-refractivity contribution in [2.45, 2.75) is 19.0 Å². The lowest BCUT2D eigenvalue weighted by molar-refractivity contribution is -0.123. The minimum absolute atomic E-state index is 0.114. The Morgan fingerprint density at radius 3 is 1.82 bits per heavy atom. The number of thiocarbonyl (C=S) groups is 1. The third-order valence-electron chi connectivity index (χ3n) is 4.36. The third kappa shape index (κ3) is 5.41. The van der Waals surface area contributed by atoms with Crippen molar-refractivity contribution in [2.75, 3.05) is 5.32 Å². The number of benzene rings is 3. The van der Waals surface area contributed by atoms with Crippen molar-refractivity contribution in [3.63, 3.8) is 0 Å². The second-order valence-electron chi connectivity index (χ2n) is 6.45. The van der Waals surface area contributed by atoms with Gasteiger partial charge in [-0.2, -0.15) is 0 Å². The second kappa shape index (κ2) is 9.67. The molecule has 2 atom stereocenters. The first-order valence-electron chi connectivity index (χ1n) is 9.16. The summed E-state index contributed by atoms with van der Waals surface area (Å²) >= 11 is 5.44. The van der Waals surface area contributed by atoms with Crippen LogP contribution in [0.1, 0.15) is 30.1 Å². The van der Waals surface area contributed by atoms with Gasteiger partial charge in [-0.3, -0.25) is 4.79 Å². The van der Waals surface area contributed by atoms with Crippen LogP contribution in [0.4, 0.5) is 5.69 Å². The molecule has 142 valence electrons. The van der Waals surface area contributed by atoms with Gasteiger partial charge in [0.15, 0.2) is 5.11 Å². The van der Waals surface area contributed by atoms with Gasteiger partial charge >= 0.3 is 0 Å². The molecule has 0 unspecified atom stereocenters. The first-order chi connectivity index (χ1) is 13.6. The van der Waals surface area contributed by atoms with Crippen molar-refractivity contribution in [3.05, 3.63) is 102 Å². The van der Waals surface area contributed by atoms with Gasteiger partial charge in [0.05, 0.1) is 6.04 Å². The highest BCUT2D eigenvalue weighted by Gasteiger charge is 2.23. The first kappa shape index (κ1) is 19.6. The van der Waals surface area contributed by atoms with Crippen molar-refractivity contribution < 1.29 is 4.79 Å². The van der Waals surface area contributed by atoms with Gasteiger partial charge in [-0.1, -0.05) is 78.9 Å². The highest BCUT2D eigenvalue weighted by molar-refractivity contribution is 7.80. The standard InChI is InChI=1S/C23H23N3OS/c1-17(18-11-5-2-6-12-18)24-22(27)21(19-13-7-3-8-14-19)26-23(28)25-20-15-9-4-10-16-20/h2-17,21H,1H3,(H,24,27)(H2,25,26,28)/t17-,21-/m1/s1. The lowest BCUT2D eigenvalue weighted by Gasteiger charge is -2.23. The molecule has 3 rings (SSSR count). The van der Waals surface area contributed by atoms with E-state index in [4.69, 9.17) is 12.2 Å². The topological polar surface area (TPSA) is 53.2 Å². The van der Waals surface area contributed by atoms with Crippen LogP contribution in [-0.4, -0.2) is 11.0 Å². The summed E-state index contributed by atoms with van der Waals surface area (Å²) < 4.78 is 0. The summed E-state index contributed by atoms with van der Waals surface area (Å²) in [6.45, 7) is 1.97. The number of hydrogen-bond acceptors (Lipinski definition) is 2. The minimum atomic E-state index is -0.601. The molecular weight excluding hydrogens is 366 g/mol. The quantitative estimate of drug-likeness (QED) is 0.540. The normalized spacial score (nSPS) is 12.5. The smallest absolute Gasteiger partial charge is 0.247 e. The predicted octanol–water partition coefficient (Wildman–Crippen LogP) is 4.59. The van der Waals surface area contributed by atoms with Crippen molar-refractivity contribution in [3.8, 4) is 0 Å². The van der Waals surface area contributed by atoms with Crippen LogP contribution in [0, 0.1) is 0 Å². The summed E-state index contributed by atoms with van der Waals surface area (Å²) in [5, 5.41) is 9.74. The number of carbonyl (C=O) groups excluding carboxylic acids is 1. The van der Waals surface area contributed by atoms with E-state index in [1.165, 1.54) is 0 Å². The van der Waals surface area contributed by atoms with Crippen molar-refractivity contribution in [1.82, 2.24) is 10.6 Å². The van der Waals surface area contributed by atoms with E-state index in [9.17, 15) is 4.79 Å². The fraction of sp³-hybridized carbons (Fsp3) is 0.130. The molecule has 0 fully saturated rings. The lowest BCUT2D eigenvalue weighted by atomic mass is 10.0. The average molecular weight is 390 g/mol. The van der Waals surface area contributed by atoms with Gasteiger partial charge in [0.25, 0.3) is 0 Å².